The Labute approximate surface area is 112 Å². The van der Waals surface area contributed by atoms with Gasteiger partial charge >= 0.3 is 0 Å². The van der Waals surface area contributed by atoms with Crippen molar-refractivity contribution in [3.05, 3.63) is 29.4 Å². The van der Waals surface area contributed by atoms with Gasteiger partial charge in [-0.05, 0) is 31.0 Å². The van der Waals surface area contributed by atoms with Gasteiger partial charge in [0.25, 0.3) is 0 Å². The number of benzene rings is 1. The molecule has 1 aromatic heterocycles. The minimum absolute atomic E-state index is 0.610. The van der Waals surface area contributed by atoms with Gasteiger partial charge in [-0.2, -0.15) is 0 Å². The first-order chi connectivity index (χ1) is 8.65. The summed E-state index contributed by atoms with van der Waals surface area (Å²) in [6.07, 6.45) is 4.40. The predicted octanol–water partition coefficient (Wildman–Crippen LogP) is 3.53. The number of nitrogens with zero attached hydrogens (tertiary/aromatic N) is 2. The van der Waals surface area contributed by atoms with E-state index in [1.54, 1.807) is 0 Å². The zero-order valence-electron chi connectivity index (χ0n) is 10.6. The highest BCUT2D eigenvalue weighted by molar-refractivity contribution is 6.31. The fourth-order valence-corrected chi connectivity index (χ4v) is 2.29. The number of rotatable bonds is 3. The molecule has 1 heterocycles. The summed E-state index contributed by atoms with van der Waals surface area (Å²) >= 11 is 6.11. The molecule has 0 saturated heterocycles. The van der Waals surface area contributed by atoms with E-state index in [4.69, 9.17) is 11.6 Å². The van der Waals surface area contributed by atoms with Crippen molar-refractivity contribution in [2.45, 2.75) is 18.9 Å². The van der Waals surface area contributed by atoms with E-state index in [2.05, 4.69) is 10.3 Å². The Morgan fingerprint density at radius 3 is 2.72 bits per heavy atom. The molecule has 0 spiro atoms. The van der Waals surface area contributed by atoms with Gasteiger partial charge in [0.1, 0.15) is 5.82 Å². The van der Waals surface area contributed by atoms with Crippen LogP contribution in [0.2, 0.25) is 5.02 Å². The Balaban J connectivity index is 2.18. The Kier molecular flexibility index (Phi) is 2.78. The molecule has 1 aromatic carbocycles. The lowest BCUT2D eigenvalue weighted by Gasteiger charge is -2.17. The molecule has 18 heavy (non-hydrogen) atoms. The lowest BCUT2D eigenvalue weighted by atomic mass is 10.1. The third-order valence-electron chi connectivity index (χ3n) is 3.19. The maximum Gasteiger partial charge on any atom is 0.136 e. The van der Waals surface area contributed by atoms with Crippen molar-refractivity contribution in [2.24, 2.45) is 0 Å². The summed E-state index contributed by atoms with van der Waals surface area (Å²) in [4.78, 5) is 6.56. The summed E-state index contributed by atoms with van der Waals surface area (Å²) in [6.45, 7) is 0. The van der Waals surface area contributed by atoms with Gasteiger partial charge in [0.2, 0.25) is 0 Å². The fraction of sp³-hybridized carbons (Fsp3) is 0.357. The number of hydrogen-bond acceptors (Lipinski definition) is 3. The number of aromatic nitrogens is 1. The molecule has 1 N–H and O–H groups in total. The average Bonchev–Trinajstić information content (AvgIpc) is 3.13. The first kappa shape index (κ1) is 11.6. The Morgan fingerprint density at radius 2 is 2.06 bits per heavy atom. The van der Waals surface area contributed by atoms with Crippen LogP contribution in [0.1, 0.15) is 12.8 Å². The topological polar surface area (TPSA) is 28.2 Å². The maximum absolute atomic E-state index is 6.11. The number of anilines is 2. The van der Waals surface area contributed by atoms with Crippen molar-refractivity contribution in [1.82, 2.24) is 4.98 Å². The SMILES string of the molecule is CN(C)c1ncc(NC2CC2)c2cc(Cl)ccc12. The van der Waals surface area contributed by atoms with E-state index in [1.807, 2.05) is 43.4 Å². The first-order valence-corrected chi connectivity index (χ1v) is 6.55. The number of halogens is 1. The third kappa shape index (κ3) is 2.10. The van der Waals surface area contributed by atoms with Gasteiger partial charge in [-0.25, -0.2) is 4.98 Å². The van der Waals surface area contributed by atoms with Crippen LogP contribution in [0.3, 0.4) is 0 Å². The second-order valence-corrected chi connectivity index (χ2v) is 5.43. The molecule has 1 fully saturated rings. The Morgan fingerprint density at radius 1 is 1.28 bits per heavy atom. The summed E-state index contributed by atoms with van der Waals surface area (Å²) in [6, 6.07) is 6.58. The van der Waals surface area contributed by atoms with Crippen molar-refractivity contribution in [3.8, 4) is 0 Å². The quantitative estimate of drug-likeness (QED) is 0.916. The van der Waals surface area contributed by atoms with Gasteiger partial charge in [0.05, 0.1) is 11.9 Å². The molecule has 3 nitrogen and oxygen atoms in total. The monoisotopic (exact) mass is 261 g/mol. The van der Waals surface area contributed by atoms with Gasteiger partial charge in [0.15, 0.2) is 0 Å². The molecule has 0 radical (unpaired) electrons. The van der Waals surface area contributed by atoms with E-state index >= 15 is 0 Å². The molecular formula is C14H16ClN3. The van der Waals surface area contributed by atoms with Gasteiger partial charge in [-0.15, -0.1) is 0 Å². The molecule has 0 bridgehead atoms. The van der Waals surface area contributed by atoms with E-state index in [0.717, 1.165) is 27.3 Å². The average molecular weight is 262 g/mol. The predicted molar refractivity (Wildman–Crippen MR) is 77.7 cm³/mol. The van der Waals surface area contributed by atoms with Crippen LogP contribution in [0.4, 0.5) is 11.5 Å². The van der Waals surface area contributed by atoms with E-state index in [9.17, 15) is 0 Å². The largest absolute Gasteiger partial charge is 0.381 e. The van der Waals surface area contributed by atoms with Crippen LogP contribution in [-0.2, 0) is 0 Å². The first-order valence-electron chi connectivity index (χ1n) is 6.17. The van der Waals surface area contributed by atoms with Crippen LogP contribution in [0.25, 0.3) is 10.8 Å². The van der Waals surface area contributed by atoms with E-state index < -0.39 is 0 Å². The lowest BCUT2D eigenvalue weighted by molar-refractivity contribution is 1.08. The van der Waals surface area contributed by atoms with Gasteiger partial charge in [0, 0.05) is 35.9 Å². The lowest BCUT2D eigenvalue weighted by Crippen LogP contribution is -2.12. The highest BCUT2D eigenvalue weighted by atomic mass is 35.5. The van der Waals surface area contributed by atoms with E-state index in [0.29, 0.717) is 6.04 Å². The summed E-state index contributed by atoms with van der Waals surface area (Å²) in [5.74, 6) is 0.975. The van der Waals surface area contributed by atoms with E-state index in [1.165, 1.54) is 12.8 Å². The minimum atomic E-state index is 0.610. The molecule has 3 rings (SSSR count). The summed E-state index contributed by atoms with van der Waals surface area (Å²) in [7, 11) is 4.01. The second-order valence-electron chi connectivity index (χ2n) is 5.00. The van der Waals surface area contributed by atoms with E-state index in [-0.39, 0.29) is 0 Å². The van der Waals surface area contributed by atoms with Crippen molar-refractivity contribution in [2.75, 3.05) is 24.3 Å². The number of pyridine rings is 1. The standard InChI is InChI=1S/C14H16ClN3/c1-18(2)14-11-6-3-9(15)7-12(11)13(8-16-14)17-10-4-5-10/h3,6-8,10,17H,4-5H2,1-2H3. The van der Waals surface area contributed by atoms with Crippen LogP contribution in [-0.4, -0.2) is 25.1 Å². The van der Waals surface area contributed by atoms with Gasteiger partial charge < -0.3 is 10.2 Å². The zero-order chi connectivity index (χ0) is 12.7. The summed E-state index contributed by atoms with van der Waals surface area (Å²) in [5.41, 5.74) is 1.08. The molecule has 0 atom stereocenters. The normalized spacial score (nSPS) is 14.8. The smallest absolute Gasteiger partial charge is 0.136 e. The van der Waals surface area contributed by atoms with Gasteiger partial charge in [-0.3, -0.25) is 0 Å². The van der Waals surface area contributed by atoms with Crippen molar-refractivity contribution >= 4 is 33.9 Å². The molecule has 0 amide bonds. The summed E-state index contributed by atoms with van der Waals surface area (Å²) in [5, 5.41) is 6.55. The van der Waals surface area contributed by atoms with Crippen LogP contribution in [0.5, 0.6) is 0 Å². The molecular weight excluding hydrogens is 246 g/mol. The fourth-order valence-electron chi connectivity index (χ4n) is 2.12. The molecule has 4 heteroatoms. The van der Waals surface area contributed by atoms with Gasteiger partial charge in [-0.1, -0.05) is 11.6 Å². The Bertz CT molecular complexity index is 591. The molecule has 94 valence electrons. The Hall–Kier alpha value is -1.48. The highest BCUT2D eigenvalue weighted by Gasteiger charge is 2.22. The third-order valence-corrected chi connectivity index (χ3v) is 3.42. The molecule has 2 aromatic rings. The van der Waals surface area contributed by atoms with Crippen LogP contribution < -0.4 is 10.2 Å². The molecule has 1 saturated carbocycles. The van der Waals surface area contributed by atoms with Crippen LogP contribution >= 0.6 is 11.6 Å². The maximum atomic E-state index is 6.11. The second kappa shape index (κ2) is 4.32. The zero-order valence-corrected chi connectivity index (χ0v) is 11.3. The number of fused-ring (bicyclic) bond motifs is 1. The van der Waals surface area contributed by atoms with Crippen LogP contribution in [0.15, 0.2) is 24.4 Å². The highest BCUT2D eigenvalue weighted by Crippen LogP contribution is 2.34. The van der Waals surface area contributed by atoms with Crippen LogP contribution in [0, 0.1) is 0 Å². The molecule has 0 unspecified atom stereocenters. The number of nitrogens with one attached hydrogen (secondary N) is 1. The summed E-state index contributed by atoms with van der Waals surface area (Å²) < 4.78 is 0. The minimum Gasteiger partial charge on any atom is -0.381 e. The van der Waals surface area contributed by atoms with Crippen molar-refractivity contribution in [3.63, 3.8) is 0 Å². The van der Waals surface area contributed by atoms with Crippen molar-refractivity contribution in [1.29, 1.82) is 0 Å². The number of hydrogen-bond donors (Lipinski definition) is 1. The van der Waals surface area contributed by atoms with Crippen molar-refractivity contribution < 1.29 is 0 Å². The molecule has 0 aliphatic heterocycles. The molecule has 1 aliphatic carbocycles. The molecule has 1 aliphatic rings.